The van der Waals surface area contributed by atoms with Crippen molar-refractivity contribution in [2.45, 2.75) is 64.8 Å². The molecule has 25 heavy (non-hydrogen) atoms. The zero-order chi connectivity index (χ0) is 17.6. The van der Waals surface area contributed by atoms with E-state index in [4.69, 9.17) is 4.74 Å². The maximum absolute atomic E-state index is 12.4. The fourth-order valence-corrected chi connectivity index (χ4v) is 3.09. The monoisotopic (exact) mass is 342 g/mol. The van der Waals surface area contributed by atoms with Crippen molar-refractivity contribution in [2.75, 3.05) is 0 Å². The average Bonchev–Trinajstić information content (AvgIpc) is 2.89. The molecular formula is C19H26N4O2. The molecule has 0 saturated heterocycles. The molecule has 0 fully saturated rings. The molecule has 2 atom stereocenters. The number of nitrogens with zero attached hydrogens (tertiary/aromatic N) is 3. The highest BCUT2D eigenvalue weighted by Crippen LogP contribution is 2.18. The largest absolute Gasteiger partial charge is 0.364 e. The standard InChI is InChI=1S/C19H26N4O2/c1-14(18-22-21-17-11-7-4-8-12-23(17)18)20-19(24)15(2)25-13-16-9-5-3-6-10-16/h3,5-6,9-10,14-15H,4,7-8,11-13H2,1-2H3,(H,20,24). The Kier molecular flexibility index (Phi) is 5.81. The van der Waals surface area contributed by atoms with Gasteiger partial charge in [0, 0.05) is 13.0 Å². The molecule has 0 radical (unpaired) electrons. The molecular weight excluding hydrogens is 316 g/mol. The third kappa shape index (κ3) is 4.45. The van der Waals surface area contributed by atoms with Crippen LogP contribution < -0.4 is 5.32 Å². The molecule has 1 N–H and O–H groups in total. The number of fused-ring (bicyclic) bond motifs is 1. The summed E-state index contributed by atoms with van der Waals surface area (Å²) in [6.07, 6.45) is 3.95. The number of aryl methyl sites for hydroxylation is 1. The summed E-state index contributed by atoms with van der Waals surface area (Å²) >= 11 is 0. The van der Waals surface area contributed by atoms with Crippen LogP contribution in [0.3, 0.4) is 0 Å². The first-order valence-corrected chi connectivity index (χ1v) is 9.03. The molecule has 134 valence electrons. The van der Waals surface area contributed by atoms with Crippen molar-refractivity contribution in [3.05, 3.63) is 47.5 Å². The van der Waals surface area contributed by atoms with Crippen LogP contribution in [0.2, 0.25) is 0 Å². The summed E-state index contributed by atoms with van der Waals surface area (Å²) in [7, 11) is 0. The second-order valence-corrected chi connectivity index (χ2v) is 6.61. The summed E-state index contributed by atoms with van der Waals surface area (Å²) in [5, 5.41) is 11.6. The molecule has 1 aliphatic rings. The first-order valence-electron chi connectivity index (χ1n) is 9.03. The Morgan fingerprint density at radius 3 is 2.80 bits per heavy atom. The Balaban J connectivity index is 1.56. The Hall–Kier alpha value is -2.21. The molecule has 2 aromatic rings. The number of rotatable bonds is 6. The van der Waals surface area contributed by atoms with Gasteiger partial charge in [0.05, 0.1) is 12.6 Å². The number of hydrogen-bond acceptors (Lipinski definition) is 4. The molecule has 3 rings (SSSR count). The molecule has 6 heteroatoms. The smallest absolute Gasteiger partial charge is 0.249 e. The van der Waals surface area contributed by atoms with E-state index in [2.05, 4.69) is 20.1 Å². The highest BCUT2D eigenvalue weighted by molar-refractivity contribution is 5.80. The van der Waals surface area contributed by atoms with Gasteiger partial charge in [-0.05, 0) is 32.3 Å². The minimum absolute atomic E-state index is 0.130. The fourth-order valence-electron chi connectivity index (χ4n) is 3.09. The van der Waals surface area contributed by atoms with Gasteiger partial charge in [-0.1, -0.05) is 36.8 Å². The van der Waals surface area contributed by atoms with E-state index in [-0.39, 0.29) is 11.9 Å². The lowest BCUT2D eigenvalue weighted by Crippen LogP contribution is -2.37. The molecule has 0 saturated carbocycles. The highest BCUT2D eigenvalue weighted by Gasteiger charge is 2.22. The van der Waals surface area contributed by atoms with E-state index in [9.17, 15) is 4.79 Å². The van der Waals surface area contributed by atoms with Gasteiger partial charge in [0.1, 0.15) is 11.9 Å². The van der Waals surface area contributed by atoms with Crippen molar-refractivity contribution >= 4 is 5.91 Å². The van der Waals surface area contributed by atoms with Gasteiger partial charge in [0.15, 0.2) is 5.82 Å². The molecule has 2 unspecified atom stereocenters. The SMILES string of the molecule is CC(OCc1ccccc1)C(=O)NC(C)c1nnc2n1CCCCC2. The van der Waals surface area contributed by atoms with Crippen LogP contribution in [0.4, 0.5) is 0 Å². The zero-order valence-electron chi connectivity index (χ0n) is 14.9. The average molecular weight is 342 g/mol. The van der Waals surface area contributed by atoms with Crippen LogP contribution in [-0.2, 0) is 29.1 Å². The van der Waals surface area contributed by atoms with Crippen LogP contribution >= 0.6 is 0 Å². The van der Waals surface area contributed by atoms with Crippen molar-refractivity contribution < 1.29 is 9.53 Å². The van der Waals surface area contributed by atoms with E-state index >= 15 is 0 Å². The summed E-state index contributed by atoms with van der Waals surface area (Å²) in [6.45, 7) is 5.07. The van der Waals surface area contributed by atoms with E-state index < -0.39 is 6.10 Å². The third-order valence-electron chi connectivity index (χ3n) is 4.60. The van der Waals surface area contributed by atoms with E-state index in [1.54, 1.807) is 6.92 Å². The van der Waals surface area contributed by atoms with Crippen molar-refractivity contribution in [3.8, 4) is 0 Å². The van der Waals surface area contributed by atoms with Crippen molar-refractivity contribution in [1.29, 1.82) is 0 Å². The normalized spacial score (nSPS) is 16.6. The van der Waals surface area contributed by atoms with Crippen molar-refractivity contribution in [3.63, 3.8) is 0 Å². The Labute approximate surface area is 148 Å². The summed E-state index contributed by atoms with van der Waals surface area (Å²) in [6, 6.07) is 9.67. The van der Waals surface area contributed by atoms with E-state index in [0.717, 1.165) is 43.0 Å². The lowest BCUT2D eigenvalue weighted by molar-refractivity contribution is -0.133. The van der Waals surface area contributed by atoms with Crippen LogP contribution in [0, 0.1) is 0 Å². The predicted octanol–water partition coefficient (Wildman–Crippen LogP) is 2.79. The fraction of sp³-hybridized carbons (Fsp3) is 0.526. The molecule has 6 nitrogen and oxygen atoms in total. The van der Waals surface area contributed by atoms with Crippen LogP contribution in [0.1, 0.15) is 56.4 Å². The maximum atomic E-state index is 12.4. The van der Waals surface area contributed by atoms with Gasteiger partial charge < -0.3 is 14.6 Å². The Morgan fingerprint density at radius 2 is 2.00 bits per heavy atom. The molecule has 1 aliphatic heterocycles. The van der Waals surface area contributed by atoms with Gasteiger partial charge in [-0.25, -0.2) is 0 Å². The minimum Gasteiger partial charge on any atom is -0.364 e. The van der Waals surface area contributed by atoms with E-state index in [0.29, 0.717) is 6.61 Å². The quantitative estimate of drug-likeness (QED) is 0.876. The first-order chi connectivity index (χ1) is 12.1. The molecule has 1 aromatic carbocycles. The van der Waals surface area contributed by atoms with Gasteiger partial charge in [-0.15, -0.1) is 10.2 Å². The summed E-state index contributed by atoms with van der Waals surface area (Å²) in [5.74, 6) is 1.73. The number of benzene rings is 1. The summed E-state index contributed by atoms with van der Waals surface area (Å²) in [5.41, 5.74) is 1.05. The van der Waals surface area contributed by atoms with Gasteiger partial charge in [-0.2, -0.15) is 0 Å². The number of ether oxygens (including phenoxy) is 1. The topological polar surface area (TPSA) is 69.0 Å². The van der Waals surface area contributed by atoms with E-state index in [1.165, 1.54) is 6.42 Å². The van der Waals surface area contributed by atoms with Gasteiger partial charge in [-0.3, -0.25) is 4.79 Å². The number of hydrogen-bond donors (Lipinski definition) is 1. The van der Waals surface area contributed by atoms with Crippen LogP contribution in [0.5, 0.6) is 0 Å². The zero-order valence-corrected chi connectivity index (χ0v) is 14.9. The second-order valence-electron chi connectivity index (χ2n) is 6.61. The lowest BCUT2D eigenvalue weighted by Gasteiger charge is -2.18. The van der Waals surface area contributed by atoms with Gasteiger partial charge >= 0.3 is 0 Å². The highest BCUT2D eigenvalue weighted by atomic mass is 16.5. The van der Waals surface area contributed by atoms with Gasteiger partial charge in [0.2, 0.25) is 5.91 Å². The minimum atomic E-state index is -0.519. The number of amides is 1. The lowest BCUT2D eigenvalue weighted by atomic mass is 10.2. The van der Waals surface area contributed by atoms with Crippen molar-refractivity contribution in [1.82, 2.24) is 20.1 Å². The Morgan fingerprint density at radius 1 is 1.20 bits per heavy atom. The van der Waals surface area contributed by atoms with Crippen LogP contribution in [-0.4, -0.2) is 26.8 Å². The van der Waals surface area contributed by atoms with Crippen LogP contribution in [0.25, 0.3) is 0 Å². The van der Waals surface area contributed by atoms with E-state index in [1.807, 2.05) is 37.3 Å². The number of carbonyl (C=O) groups excluding carboxylic acids is 1. The first kappa shape index (κ1) is 17.6. The Bertz CT molecular complexity index is 699. The molecule has 2 heterocycles. The second kappa shape index (κ2) is 8.25. The molecule has 0 aliphatic carbocycles. The maximum Gasteiger partial charge on any atom is 0.249 e. The summed E-state index contributed by atoms with van der Waals surface area (Å²) < 4.78 is 7.85. The summed E-state index contributed by atoms with van der Waals surface area (Å²) in [4.78, 5) is 12.4. The van der Waals surface area contributed by atoms with Gasteiger partial charge in [0.25, 0.3) is 0 Å². The predicted molar refractivity (Wildman–Crippen MR) is 94.8 cm³/mol. The number of carbonyl (C=O) groups is 1. The van der Waals surface area contributed by atoms with Crippen molar-refractivity contribution in [2.24, 2.45) is 0 Å². The van der Waals surface area contributed by atoms with Crippen LogP contribution in [0.15, 0.2) is 30.3 Å². The molecule has 0 bridgehead atoms. The third-order valence-corrected chi connectivity index (χ3v) is 4.60. The number of aromatic nitrogens is 3. The molecule has 0 spiro atoms. The molecule has 1 aromatic heterocycles. The number of nitrogens with one attached hydrogen (secondary N) is 1. The molecule has 1 amide bonds.